The molecule has 288 valence electrons. The van der Waals surface area contributed by atoms with Gasteiger partial charge in [0.05, 0.1) is 54.1 Å². The molecule has 0 amide bonds. The standard InChI is InChI=1S/C14H21Cl3N4O3.C11H20N4O.C3H2Cl4O2.CH4/c1-9(18)20-11-5-3-4-6-19-10(2)21-12(11)7-23-13(22)24-8-14(15,16)17;1-8(12)14-10-5-3-4-6-13-9(2)15-11(10)7-16;4-2(8)9-1-3(5,6)7;/h3,5,11-12,19-21H,1-2,4,6-8,18H2;3,5,10-11,13-16H,1-2,4,6-7,12H2;1H2;1H4/b2*5-3-;;/t11-,12+;10-,11+;;/m11../s1. The van der Waals surface area contributed by atoms with Crippen LogP contribution in [0.25, 0.3) is 0 Å². The average molecular weight is 852 g/mol. The third kappa shape index (κ3) is 28.3. The normalized spacial score (nSPS) is 21.8. The second-order valence-electron chi connectivity index (χ2n) is 9.93. The van der Waals surface area contributed by atoms with Gasteiger partial charge in [0, 0.05) is 24.7 Å². The van der Waals surface area contributed by atoms with Gasteiger partial charge in [-0.3, -0.25) is 0 Å². The maximum absolute atomic E-state index is 11.6. The molecular weight excluding hydrogens is 805 g/mol. The molecular formula is C29H47Cl7N8O6. The van der Waals surface area contributed by atoms with E-state index in [1.165, 1.54) is 0 Å². The Balaban J connectivity index is 0. The van der Waals surface area contributed by atoms with Gasteiger partial charge in [0.2, 0.25) is 7.59 Å². The number of ether oxygens (including phenoxy) is 3. The van der Waals surface area contributed by atoms with Gasteiger partial charge in [0.1, 0.15) is 19.8 Å². The number of nitrogens with two attached hydrogens (primary N) is 2. The van der Waals surface area contributed by atoms with Gasteiger partial charge in [-0.1, -0.05) is 128 Å². The van der Waals surface area contributed by atoms with Crippen LogP contribution in [0.5, 0.6) is 0 Å². The predicted octanol–water partition coefficient (Wildman–Crippen LogP) is 4.59. The number of halogens is 7. The fraction of sp³-hybridized carbons (Fsp3) is 0.517. The van der Waals surface area contributed by atoms with Crippen molar-refractivity contribution in [3.05, 3.63) is 73.9 Å². The van der Waals surface area contributed by atoms with Gasteiger partial charge < -0.3 is 62.7 Å². The molecule has 0 bridgehead atoms. The Morgan fingerprint density at radius 2 is 1.24 bits per heavy atom. The van der Waals surface area contributed by atoms with Gasteiger partial charge in [-0.25, -0.2) is 9.59 Å². The van der Waals surface area contributed by atoms with Crippen LogP contribution in [0.4, 0.5) is 9.59 Å². The lowest BCUT2D eigenvalue weighted by molar-refractivity contribution is 0.0487. The van der Waals surface area contributed by atoms with Crippen molar-refractivity contribution >= 4 is 92.8 Å². The molecule has 0 saturated carbocycles. The Labute approximate surface area is 328 Å². The summed E-state index contributed by atoms with van der Waals surface area (Å²) in [5, 5.41) is 27.8. The molecule has 21 heteroatoms. The number of nitrogens with one attached hydrogen (secondary N) is 6. The van der Waals surface area contributed by atoms with Gasteiger partial charge in [-0.05, 0) is 12.8 Å². The fourth-order valence-electron chi connectivity index (χ4n) is 3.60. The molecule has 2 rings (SSSR count). The summed E-state index contributed by atoms with van der Waals surface area (Å²) >= 11 is 36.8. The van der Waals surface area contributed by atoms with Crippen molar-refractivity contribution in [3.8, 4) is 0 Å². The second kappa shape index (κ2) is 26.4. The van der Waals surface area contributed by atoms with Gasteiger partial charge >= 0.3 is 11.6 Å². The van der Waals surface area contributed by atoms with E-state index in [1.807, 2.05) is 24.3 Å². The highest BCUT2D eigenvalue weighted by molar-refractivity contribution is 6.68. The highest BCUT2D eigenvalue weighted by Crippen LogP contribution is 2.26. The molecule has 2 heterocycles. The number of hydrogen-bond donors (Lipinski definition) is 9. The van der Waals surface area contributed by atoms with Crippen LogP contribution in [0, 0.1) is 0 Å². The maximum atomic E-state index is 11.6. The third-order valence-corrected chi connectivity index (χ3v) is 6.32. The Hall–Kier alpha value is -2.43. The molecule has 0 saturated heterocycles. The van der Waals surface area contributed by atoms with E-state index >= 15 is 0 Å². The lowest BCUT2D eigenvalue weighted by Gasteiger charge is -2.28. The first-order valence-electron chi connectivity index (χ1n) is 14.2. The molecule has 4 atom stereocenters. The van der Waals surface area contributed by atoms with E-state index in [1.54, 1.807) is 0 Å². The molecule has 2 aliphatic rings. The smallest absolute Gasteiger partial charge is 0.449 e. The van der Waals surface area contributed by atoms with Gasteiger partial charge in [0.15, 0.2) is 0 Å². The summed E-state index contributed by atoms with van der Waals surface area (Å²) in [6.07, 6.45) is 8.65. The van der Waals surface area contributed by atoms with Crippen molar-refractivity contribution in [3.63, 3.8) is 0 Å². The van der Waals surface area contributed by atoms with Gasteiger partial charge in [-0.2, -0.15) is 0 Å². The van der Waals surface area contributed by atoms with E-state index in [-0.39, 0.29) is 57.2 Å². The van der Waals surface area contributed by atoms with Crippen LogP contribution in [0.3, 0.4) is 0 Å². The quantitative estimate of drug-likeness (QED) is 0.0674. The lowest BCUT2D eigenvalue weighted by Crippen LogP contribution is -2.51. The highest BCUT2D eigenvalue weighted by atomic mass is 35.6. The molecule has 0 unspecified atom stereocenters. The van der Waals surface area contributed by atoms with Crippen LogP contribution >= 0.6 is 81.2 Å². The summed E-state index contributed by atoms with van der Waals surface area (Å²) < 4.78 is 10.6. The molecule has 0 aromatic heterocycles. The molecule has 0 aromatic carbocycles. The topological polar surface area (TPSA) is 206 Å². The van der Waals surface area contributed by atoms with Crippen molar-refractivity contribution in [2.75, 3.05) is 39.5 Å². The zero-order chi connectivity index (χ0) is 37.6. The predicted molar refractivity (Wildman–Crippen MR) is 205 cm³/mol. The average Bonchev–Trinajstić information content (AvgIpc) is 3.11. The summed E-state index contributed by atoms with van der Waals surface area (Å²) in [6, 6.07) is -0.936. The second-order valence-corrected chi connectivity index (χ2v) is 15.3. The Bertz CT molecular complexity index is 1150. The summed E-state index contributed by atoms with van der Waals surface area (Å²) in [4.78, 5) is 21.5. The van der Waals surface area contributed by atoms with Crippen molar-refractivity contribution in [2.45, 2.75) is 52.0 Å². The first-order chi connectivity index (χ1) is 22.7. The molecule has 0 radical (unpaired) electrons. The zero-order valence-electron chi connectivity index (χ0n) is 26.4. The number of alkyl halides is 6. The molecule has 0 fully saturated rings. The number of aliphatic hydroxyl groups excluding tert-OH is 1. The monoisotopic (exact) mass is 848 g/mol. The molecule has 14 nitrogen and oxygen atoms in total. The SMILES string of the molecule is C.C=C(N)N[C@@H]1/C=C\CCNC(=C)N[C@H]1CO.C=C(N)N[C@@H]1/C=C\CCNC(=C)N[C@H]1COC(=O)OCC(Cl)(Cl)Cl.O=C(Cl)OCC(Cl)(Cl)Cl. The van der Waals surface area contributed by atoms with Crippen molar-refractivity contribution in [1.29, 1.82) is 0 Å². The first kappa shape index (κ1) is 49.7. The van der Waals surface area contributed by atoms with Crippen molar-refractivity contribution in [2.24, 2.45) is 11.5 Å². The van der Waals surface area contributed by atoms with Crippen LogP contribution in [-0.2, 0) is 14.2 Å². The van der Waals surface area contributed by atoms with E-state index in [0.717, 1.165) is 25.9 Å². The fourth-order valence-corrected chi connectivity index (χ4v) is 3.99. The zero-order valence-corrected chi connectivity index (χ0v) is 31.7. The van der Waals surface area contributed by atoms with E-state index < -0.39 is 25.8 Å². The Morgan fingerprint density at radius 1 is 0.820 bits per heavy atom. The van der Waals surface area contributed by atoms with E-state index in [4.69, 9.17) is 102 Å². The maximum Gasteiger partial charge on any atom is 0.508 e. The molecule has 2 aliphatic heterocycles. The van der Waals surface area contributed by atoms with E-state index in [0.29, 0.717) is 17.5 Å². The molecule has 0 aromatic rings. The number of hydrogen-bond acceptors (Lipinski definition) is 14. The van der Waals surface area contributed by atoms with Crippen LogP contribution in [-0.4, -0.2) is 88.0 Å². The van der Waals surface area contributed by atoms with Crippen LogP contribution in [0.2, 0.25) is 0 Å². The van der Waals surface area contributed by atoms with Crippen molar-refractivity contribution in [1.82, 2.24) is 31.9 Å². The minimum atomic E-state index is -1.70. The summed E-state index contributed by atoms with van der Waals surface area (Å²) in [5.74, 6) is 1.97. The number of aliphatic hydroxyl groups is 1. The van der Waals surface area contributed by atoms with Gasteiger partial charge in [0.25, 0.3) is 0 Å². The first-order valence-corrected chi connectivity index (χ1v) is 16.9. The summed E-state index contributed by atoms with van der Waals surface area (Å²) in [7, 11) is 0. The highest BCUT2D eigenvalue weighted by Gasteiger charge is 2.26. The molecule has 0 aliphatic carbocycles. The van der Waals surface area contributed by atoms with Crippen LogP contribution in [0.15, 0.2) is 73.9 Å². The molecule has 11 N–H and O–H groups in total. The van der Waals surface area contributed by atoms with E-state index in [9.17, 15) is 14.7 Å². The van der Waals surface area contributed by atoms with Crippen molar-refractivity contribution < 1.29 is 28.9 Å². The lowest BCUT2D eigenvalue weighted by atomic mass is 10.1. The minimum absolute atomic E-state index is 0. The molecule has 50 heavy (non-hydrogen) atoms. The number of carbonyl (C=O) groups is 2. The van der Waals surface area contributed by atoms with Gasteiger partial charge in [-0.15, -0.1) is 0 Å². The summed E-state index contributed by atoms with van der Waals surface area (Å²) in [5.41, 5.74) is 10.2. The Morgan fingerprint density at radius 3 is 1.62 bits per heavy atom. The minimum Gasteiger partial charge on any atom is -0.449 e. The van der Waals surface area contributed by atoms with Crippen LogP contribution in [0.1, 0.15) is 20.3 Å². The largest absolute Gasteiger partial charge is 0.508 e. The summed E-state index contributed by atoms with van der Waals surface area (Å²) in [6.45, 7) is 15.6. The number of carbonyl (C=O) groups excluding carboxylic acids is 2. The Kier molecular flexibility index (Phi) is 26.2. The van der Waals surface area contributed by atoms with Crippen LogP contribution < -0.4 is 43.4 Å². The third-order valence-electron chi connectivity index (χ3n) is 5.56. The number of rotatable bonds is 9. The molecule has 0 spiro atoms. The van der Waals surface area contributed by atoms with E-state index in [2.05, 4.69) is 63.0 Å².